The number of hydrogen-bond acceptors (Lipinski definition) is 5. The lowest BCUT2D eigenvalue weighted by molar-refractivity contribution is 0.494. The third kappa shape index (κ3) is 3.73. The minimum absolute atomic E-state index is 0.428. The lowest BCUT2D eigenvalue weighted by Crippen LogP contribution is -2.33. The molecule has 0 saturated carbocycles. The van der Waals surface area contributed by atoms with E-state index in [2.05, 4.69) is 44.4 Å². The molecule has 0 bridgehead atoms. The summed E-state index contributed by atoms with van der Waals surface area (Å²) in [5, 5.41) is 12.1. The van der Waals surface area contributed by atoms with Gasteiger partial charge in [0.15, 0.2) is 0 Å². The molecule has 0 atom stereocenters. The van der Waals surface area contributed by atoms with Crippen molar-refractivity contribution in [3.8, 4) is 22.4 Å². The summed E-state index contributed by atoms with van der Waals surface area (Å²) < 4.78 is 0. The number of halogens is 1. The number of aromatic nitrogens is 4. The lowest BCUT2D eigenvalue weighted by Gasteiger charge is -2.32. The number of H-pyrrole nitrogens is 1. The molecule has 1 N–H and O–H groups in total. The van der Waals surface area contributed by atoms with Crippen molar-refractivity contribution < 1.29 is 0 Å². The molecular formula is C23H22ClN5S. The van der Waals surface area contributed by atoms with Gasteiger partial charge in [0.1, 0.15) is 11.5 Å². The Hall–Kier alpha value is -2.70. The number of nitrogens with zero attached hydrogens (tertiary/aromatic N) is 4. The molecule has 5 nitrogen and oxygen atoms in total. The molecule has 5 rings (SSSR count). The van der Waals surface area contributed by atoms with Crippen molar-refractivity contribution in [1.82, 2.24) is 20.2 Å². The van der Waals surface area contributed by atoms with Crippen LogP contribution in [-0.2, 0) is 0 Å². The van der Waals surface area contributed by atoms with Gasteiger partial charge in [0.2, 0.25) is 0 Å². The van der Waals surface area contributed by atoms with E-state index < -0.39 is 0 Å². The van der Waals surface area contributed by atoms with E-state index in [1.165, 1.54) is 11.3 Å². The van der Waals surface area contributed by atoms with Gasteiger partial charge in [-0.1, -0.05) is 23.7 Å². The Labute approximate surface area is 184 Å². The molecule has 0 aliphatic carbocycles. The zero-order chi connectivity index (χ0) is 20.5. The van der Waals surface area contributed by atoms with Crippen LogP contribution in [-0.4, -0.2) is 33.3 Å². The molecule has 1 aliphatic heterocycles. The topological polar surface area (TPSA) is 57.7 Å². The van der Waals surface area contributed by atoms with Gasteiger partial charge in [-0.2, -0.15) is 5.10 Å². The Kier molecular flexibility index (Phi) is 5.27. The number of pyridine rings is 1. The maximum atomic E-state index is 6.10. The van der Waals surface area contributed by atoms with Gasteiger partial charge in [0, 0.05) is 58.6 Å². The van der Waals surface area contributed by atoms with Crippen LogP contribution in [0.15, 0.2) is 54.2 Å². The normalized spacial score (nSPS) is 14.9. The molecule has 152 valence electrons. The molecule has 30 heavy (non-hydrogen) atoms. The van der Waals surface area contributed by atoms with Gasteiger partial charge < -0.3 is 4.90 Å². The molecule has 1 aromatic carbocycles. The molecule has 3 aromatic heterocycles. The Morgan fingerprint density at radius 2 is 1.77 bits per heavy atom. The smallest absolute Gasteiger partial charge is 0.139 e. The number of nitrogens with one attached hydrogen (secondary N) is 1. The molecule has 0 amide bonds. The van der Waals surface area contributed by atoms with Crippen LogP contribution in [0.1, 0.15) is 29.5 Å². The van der Waals surface area contributed by atoms with Gasteiger partial charge in [-0.05, 0) is 49.6 Å². The van der Waals surface area contributed by atoms with Crippen LogP contribution < -0.4 is 4.90 Å². The van der Waals surface area contributed by atoms with Crippen molar-refractivity contribution >= 4 is 28.8 Å². The van der Waals surface area contributed by atoms with E-state index in [0.29, 0.717) is 5.92 Å². The standard InChI is InChI=1S/C23H22ClN5S/c1-15-26-20(14-30-15)29-12-8-18(9-13-29)23-21(16-6-10-25-11-7-16)22(27-28-23)17-2-4-19(24)5-3-17/h2-7,10-11,14,18H,8-9,12-13H2,1H3,(H,27,28). The molecule has 1 fully saturated rings. The third-order valence-corrected chi connectivity index (χ3v) is 6.73. The predicted octanol–water partition coefficient (Wildman–Crippen LogP) is 5.94. The summed E-state index contributed by atoms with van der Waals surface area (Å²) in [6.07, 6.45) is 5.81. The van der Waals surface area contributed by atoms with Crippen LogP contribution in [0, 0.1) is 6.92 Å². The van der Waals surface area contributed by atoms with Gasteiger partial charge in [0.25, 0.3) is 0 Å². The molecular weight excluding hydrogens is 414 g/mol. The fraction of sp³-hybridized carbons (Fsp3) is 0.261. The Balaban J connectivity index is 1.47. The van der Waals surface area contributed by atoms with Crippen molar-refractivity contribution in [2.75, 3.05) is 18.0 Å². The number of aryl methyl sites for hydroxylation is 1. The molecule has 0 radical (unpaired) electrons. The third-order valence-electron chi connectivity index (χ3n) is 5.72. The number of benzene rings is 1. The van der Waals surface area contributed by atoms with E-state index in [0.717, 1.165) is 58.6 Å². The molecule has 0 spiro atoms. The average Bonchev–Trinajstić information content (AvgIpc) is 3.42. The number of thiazole rings is 1. The van der Waals surface area contributed by atoms with Crippen LogP contribution in [0.2, 0.25) is 5.02 Å². The summed E-state index contributed by atoms with van der Waals surface area (Å²) in [6, 6.07) is 12.0. The molecule has 7 heteroatoms. The van der Waals surface area contributed by atoms with Gasteiger partial charge >= 0.3 is 0 Å². The second-order valence-corrected chi connectivity index (χ2v) is 9.09. The summed E-state index contributed by atoms with van der Waals surface area (Å²) in [5.41, 5.74) is 5.54. The van der Waals surface area contributed by atoms with E-state index in [-0.39, 0.29) is 0 Å². The van der Waals surface area contributed by atoms with Crippen LogP contribution >= 0.6 is 22.9 Å². The van der Waals surface area contributed by atoms with Crippen LogP contribution in [0.4, 0.5) is 5.82 Å². The monoisotopic (exact) mass is 435 g/mol. The second-order valence-electron chi connectivity index (χ2n) is 7.59. The predicted molar refractivity (Wildman–Crippen MR) is 123 cm³/mol. The number of hydrogen-bond donors (Lipinski definition) is 1. The van der Waals surface area contributed by atoms with Crippen molar-refractivity contribution in [1.29, 1.82) is 0 Å². The number of piperidine rings is 1. The van der Waals surface area contributed by atoms with Gasteiger partial charge in [-0.15, -0.1) is 11.3 Å². The van der Waals surface area contributed by atoms with Crippen molar-refractivity contribution in [3.63, 3.8) is 0 Å². The maximum Gasteiger partial charge on any atom is 0.139 e. The molecule has 4 heterocycles. The number of aromatic amines is 1. The van der Waals surface area contributed by atoms with E-state index in [1.54, 1.807) is 11.3 Å². The summed E-state index contributed by atoms with van der Waals surface area (Å²) in [7, 11) is 0. The van der Waals surface area contributed by atoms with Crippen LogP contribution in [0.3, 0.4) is 0 Å². The van der Waals surface area contributed by atoms with Gasteiger partial charge in [0.05, 0.1) is 5.01 Å². The highest BCUT2D eigenvalue weighted by atomic mass is 35.5. The number of rotatable bonds is 4. The van der Waals surface area contributed by atoms with E-state index >= 15 is 0 Å². The molecule has 1 aliphatic rings. The van der Waals surface area contributed by atoms with Gasteiger partial charge in [-0.3, -0.25) is 10.1 Å². The summed E-state index contributed by atoms with van der Waals surface area (Å²) >= 11 is 7.82. The van der Waals surface area contributed by atoms with Crippen molar-refractivity contribution in [3.05, 3.63) is 69.9 Å². The molecule has 4 aromatic rings. The Morgan fingerprint density at radius 1 is 1.03 bits per heavy atom. The van der Waals surface area contributed by atoms with Gasteiger partial charge in [-0.25, -0.2) is 4.98 Å². The fourth-order valence-corrected chi connectivity index (χ4v) is 4.92. The SMILES string of the molecule is Cc1nc(N2CCC(c3[nH]nc(-c4ccc(Cl)cc4)c3-c3ccncc3)CC2)cs1. The maximum absolute atomic E-state index is 6.10. The molecule has 0 unspecified atom stereocenters. The highest BCUT2D eigenvalue weighted by molar-refractivity contribution is 7.09. The second kappa shape index (κ2) is 8.20. The minimum atomic E-state index is 0.428. The highest BCUT2D eigenvalue weighted by Crippen LogP contribution is 2.40. The first-order valence-corrected chi connectivity index (χ1v) is 11.4. The van der Waals surface area contributed by atoms with Crippen molar-refractivity contribution in [2.45, 2.75) is 25.7 Å². The lowest BCUT2D eigenvalue weighted by atomic mass is 9.88. The van der Waals surface area contributed by atoms with E-state index in [4.69, 9.17) is 16.7 Å². The fourth-order valence-electron chi connectivity index (χ4n) is 4.17. The zero-order valence-corrected chi connectivity index (χ0v) is 18.2. The van der Waals surface area contributed by atoms with Crippen LogP contribution in [0.5, 0.6) is 0 Å². The van der Waals surface area contributed by atoms with E-state index in [9.17, 15) is 0 Å². The number of anilines is 1. The molecule has 1 saturated heterocycles. The Morgan fingerprint density at radius 3 is 2.43 bits per heavy atom. The minimum Gasteiger partial charge on any atom is -0.356 e. The average molecular weight is 436 g/mol. The first kappa shape index (κ1) is 19.3. The summed E-state index contributed by atoms with van der Waals surface area (Å²) in [5.74, 6) is 1.54. The zero-order valence-electron chi connectivity index (χ0n) is 16.7. The first-order valence-electron chi connectivity index (χ1n) is 10.1. The van der Waals surface area contributed by atoms with Crippen LogP contribution in [0.25, 0.3) is 22.4 Å². The summed E-state index contributed by atoms with van der Waals surface area (Å²) in [6.45, 7) is 4.06. The largest absolute Gasteiger partial charge is 0.356 e. The highest BCUT2D eigenvalue weighted by Gasteiger charge is 2.27. The van der Waals surface area contributed by atoms with E-state index in [1.807, 2.05) is 36.7 Å². The quantitative estimate of drug-likeness (QED) is 0.431. The first-order chi connectivity index (χ1) is 14.7. The van der Waals surface area contributed by atoms with Crippen molar-refractivity contribution in [2.24, 2.45) is 0 Å². The summed E-state index contributed by atoms with van der Waals surface area (Å²) in [4.78, 5) is 11.2. The Bertz CT molecular complexity index is 1130.